The molecule has 30 heavy (non-hydrogen) atoms. The monoisotopic (exact) mass is 528 g/mol. The molecule has 0 aliphatic carbocycles. The van der Waals surface area contributed by atoms with E-state index in [4.69, 9.17) is 14.2 Å². The number of halogens is 1. The lowest BCUT2D eigenvalue weighted by atomic mass is 9.87. The summed E-state index contributed by atoms with van der Waals surface area (Å²) in [5.74, 6) is 2.64. The molecule has 0 radical (unpaired) electrons. The van der Waals surface area contributed by atoms with Gasteiger partial charge in [0, 0.05) is 61.9 Å². The molecule has 0 amide bonds. The number of H-pyrrole nitrogens is 1. The van der Waals surface area contributed by atoms with Crippen molar-refractivity contribution in [3.8, 4) is 11.5 Å². The van der Waals surface area contributed by atoms with Gasteiger partial charge in [0.15, 0.2) is 5.96 Å². The van der Waals surface area contributed by atoms with Crippen LogP contribution in [0.15, 0.2) is 23.2 Å². The van der Waals surface area contributed by atoms with Gasteiger partial charge in [-0.1, -0.05) is 0 Å². The summed E-state index contributed by atoms with van der Waals surface area (Å²) in [5, 5.41) is 4.63. The van der Waals surface area contributed by atoms with Crippen LogP contribution in [0.5, 0.6) is 11.5 Å². The highest BCUT2D eigenvalue weighted by Crippen LogP contribution is 2.38. The second-order valence-corrected chi connectivity index (χ2v) is 8.14. The number of methoxy groups -OCH3 is 2. The highest BCUT2D eigenvalue weighted by atomic mass is 127. The number of fused-ring (bicyclic) bond motifs is 1. The number of benzene rings is 1. The van der Waals surface area contributed by atoms with E-state index < -0.39 is 0 Å². The molecule has 0 bridgehead atoms. The number of rotatable bonds is 6. The molecule has 166 valence electrons. The zero-order chi connectivity index (χ0) is 20.3. The lowest BCUT2D eigenvalue weighted by Gasteiger charge is -2.24. The molecule has 1 aromatic heterocycles. The Labute approximate surface area is 195 Å². The maximum atomic E-state index is 5.64. The van der Waals surface area contributed by atoms with Gasteiger partial charge in [-0.05, 0) is 31.7 Å². The van der Waals surface area contributed by atoms with Crippen molar-refractivity contribution in [3.05, 3.63) is 23.9 Å². The van der Waals surface area contributed by atoms with E-state index in [-0.39, 0.29) is 24.0 Å². The van der Waals surface area contributed by atoms with Crippen LogP contribution in [0.3, 0.4) is 0 Å². The molecule has 2 saturated heterocycles. The van der Waals surface area contributed by atoms with Crippen LogP contribution in [0.25, 0.3) is 10.9 Å². The molecule has 1 spiro atoms. The number of nitrogens with zero attached hydrogens (tertiary/aromatic N) is 2. The Balaban J connectivity index is 0.00000256. The molecule has 1 aromatic carbocycles. The third kappa shape index (κ3) is 4.80. The lowest BCUT2D eigenvalue weighted by Crippen LogP contribution is -2.41. The first kappa shape index (κ1) is 23.0. The average molecular weight is 528 g/mol. The number of aliphatic imine (C=N–C) groups is 1. The van der Waals surface area contributed by atoms with Crippen LogP contribution < -0.4 is 14.8 Å². The van der Waals surface area contributed by atoms with Crippen molar-refractivity contribution in [1.82, 2.24) is 15.2 Å². The summed E-state index contributed by atoms with van der Waals surface area (Å²) < 4.78 is 16.5. The average Bonchev–Trinajstić information content (AvgIpc) is 3.48. The number of hydrogen-bond donors (Lipinski definition) is 2. The van der Waals surface area contributed by atoms with E-state index in [1.807, 2.05) is 19.2 Å². The van der Waals surface area contributed by atoms with Gasteiger partial charge >= 0.3 is 0 Å². The van der Waals surface area contributed by atoms with Crippen molar-refractivity contribution in [1.29, 1.82) is 0 Å². The van der Waals surface area contributed by atoms with E-state index in [9.17, 15) is 0 Å². The number of nitrogens with one attached hydrogen (secondary N) is 2. The molecule has 7 nitrogen and oxygen atoms in total. The van der Waals surface area contributed by atoms with Crippen LogP contribution in [0, 0.1) is 5.41 Å². The SMILES string of the molecule is CN=C(NCCCc1cc2c(OC)cc(OC)cc2[nH]1)N1CCC2(CCOC2)C1.I. The Kier molecular flexibility index (Phi) is 7.73. The Morgan fingerprint density at radius 3 is 2.83 bits per heavy atom. The first-order chi connectivity index (χ1) is 14.2. The van der Waals surface area contributed by atoms with Crippen LogP contribution in [-0.2, 0) is 11.2 Å². The highest BCUT2D eigenvalue weighted by molar-refractivity contribution is 14.0. The molecule has 2 aromatic rings. The molecule has 2 fully saturated rings. The van der Waals surface area contributed by atoms with Crippen LogP contribution in [0.4, 0.5) is 0 Å². The normalized spacial score (nSPS) is 21.3. The van der Waals surface area contributed by atoms with E-state index in [0.29, 0.717) is 5.41 Å². The second kappa shape index (κ2) is 10.1. The Bertz CT molecular complexity index is 877. The predicted molar refractivity (Wildman–Crippen MR) is 131 cm³/mol. The molecule has 3 heterocycles. The summed E-state index contributed by atoms with van der Waals surface area (Å²) in [4.78, 5) is 10.4. The fourth-order valence-corrected chi connectivity index (χ4v) is 4.56. The van der Waals surface area contributed by atoms with Gasteiger partial charge in [-0.2, -0.15) is 0 Å². The van der Waals surface area contributed by atoms with Gasteiger partial charge in [0.05, 0.1) is 26.3 Å². The Hall–Kier alpha value is -1.68. The fraction of sp³-hybridized carbons (Fsp3) is 0.591. The van der Waals surface area contributed by atoms with E-state index in [1.165, 1.54) is 18.5 Å². The maximum absolute atomic E-state index is 5.64. The summed E-state index contributed by atoms with van der Waals surface area (Å²) in [7, 11) is 5.23. The quantitative estimate of drug-likeness (QED) is 0.260. The topological polar surface area (TPSA) is 71.1 Å². The summed E-state index contributed by atoms with van der Waals surface area (Å²) in [5.41, 5.74) is 2.59. The third-order valence-corrected chi connectivity index (χ3v) is 6.23. The number of aromatic nitrogens is 1. The van der Waals surface area contributed by atoms with Crippen molar-refractivity contribution in [2.24, 2.45) is 10.4 Å². The predicted octanol–water partition coefficient (Wildman–Crippen LogP) is 3.42. The van der Waals surface area contributed by atoms with Gasteiger partial charge in [-0.3, -0.25) is 4.99 Å². The Morgan fingerprint density at radius 1 is 1.27 bits per heavy atom. The van der Waals surface area contributed by atoms with Gasteiger partial charge in [-0.25, -0.2) is 0 Å². The summed E-state index contributed by atoms with van der Waals surface area (Å²) in [6.07, 6.45) is 4.36. The summed E-state index contributed by atoms with van der Waals surface area (Å²) >= 11 is 0. The van der Waals surface area contributed by atoms with Gasteiger partial charge < -0.3 is 29.4 Å². The number of aryl methyl sites for hydroxylation is 1. The lowest BCUT2D eigenvalue weighted by molar-refractivity contribution is 0.156. The first-order valence-corrected chi connectivity index (χ1v) is 10.4. The molecule has 0 saturated carbocycles. The minimum atomic E-state index is 0. The number of ether oxygens (including phenoxy) is 3. The number of likely N-dealkylation sites (tertiary alicyclic amines) is 1. The van der Waals surface area contributed by atoms with Crippen LogP contribution >= 0.6 is 24.0 Å². The molecule has 2 aliphatic heterocycles. The van der Waals surface area contributed by atoms with Crippen LogP contribution in [0.2, 0.25) is 0 Å². The molecule has 2 N–H and O–H groups in total. The van der Waals surface area contributed by atoms with E-state index >= 15 is 0 Å². The summed E-state index contributed by atoms with van der Waals surface area (Å²) in [6, 6.07) is 6.11. The summed E-state index contributed by atoms with van der Waals surface area (Å²) in [6.45, 7) is 4.81. The fourth-order valence-electron chi connectivity index (χ4n) is 4.56. The molecular formula is C22H33IN4O3. The first-order valence-electron chi connectivity index (χ1n) is 10.4. The second-order valence-electron chi connectivity index (χ2n) is 8.14. The number of guanidine groups is 1. The number of hydrogen-bond acceptors (Lipinski definition) is 4. The maximum Gasteiger partial charge on any atom is 0.193 e. The molecule has 1 atom stereocenters. The molecule has 1 unspecified atom stereocenters. The van der Waals surface area contributed by atoms with Crippen LogP contribution in [0.1, 0.15) is 25.0 Å². The minimum Gasteiger partial charge on any atom is -0.497 e. The largest absolute Gasteiger partial charge is 0.497 e. The zero-order valence-electron chi connectivity index (χ0n) is 18.1. The number of aromatic amines is 1. The van der Waals surface area contributed by atoms with E-state index in [1.54, 1.807) is 14.2 Å². The van der Waals surface area contributed by atoms with Crippen molar-refractivity contribution in [2.75, 3.05) is 54.1 Å². The van der Waals surface area contributed by atoms with Crippen molar-refractivity contribution in [3.63, 3.8) is 0 Å². The molecule has 8 heteroatoms. The molecule has 4 rings (SSSR count). The van der Waals surface area contributed by atoms with E-state index in [2.05, 4.69) is 26.3 Å². The van der Waals surface area contributed by atoms with Crippen LogP contribution in [-0.4, -0.2) is 70.0 Å². The van der Waals surface area contributed by atoms with Gasteiger partial charge in [0.2, 0.25) is 0 Å². The smallest absolute Gasteiger partial charge is 0.193 e. The molecule has 2 aliphatic rings. The van der Waals surface area contributed by atoms with Crippen molar-refractivity contribution in [2.45, 2.75) is 25.7 Å². The molecular weight excluding hydrogens is 495 g/mol. The van der Waals surface area contributed by atoms with Crippen molar-refractivity contribution >= 4 is 40.8 Å². The van der Waals surface area contributed by atoms with Gasteiger partial charge in [0.1, 0.15) is 11.5 Å². The highest BCUT2D eigenvalue weighted by Gasteiger charge is 2.42. The van der Waals surface area contributed by atoms with Crippen molar-refractivity contribution < 1.29 is 14.2 Å². The third-order valence-electron chi connectivity index (χ3n) is 6.23. The Morgan fingerprint density at radius 2 is 2.13 bits per heavy atom. The minimum absolute atomic E-state index is 0. The van der Waals surface area contributed by atoms with Gasteiger partial charge in [-0.15, -0.1) is 24.0 Å². The van der Waals surface area contributed by atoms with E-state index in [0.717, 1.165) is 74.1 Å². The zero-order valence-corrected chi connectivity index (χ0v) is 20.5. The standard InChI is InChI=1S/C22H32N4O3.HI/c1-23-21(26-9-6-22(14-26)7-10-29-15-22)24-8-4-5-16-11-18-19(25-16)12-17(27-2)13-20(18)28-3;/h11-13,25H,4-10,14-15H2,1-3H3,(H,23,24);1H. The van der Waals surface area contributed by atoms with Gasteiger partial charge in [0.25, 0.3) is 0 Å².